The van der Waals surface area contributed by atoms with Crippen LogP contribution in [0.1, 0.15) is 18.5 Å². The highest BCUT2D eigenvalue weighted by atomic mass is 32.2. The lowest BCUT2D eigenvalue weighted by molar-refractivity contribution is 0.437. The number of thioether (sulfide) groups is 1. The fourth-order valence-corrected chi connectivity index (χ4v) is 3.70. The van der Waals surface area contributed by atoms with E-state index in [-0.39, 0.29) is 0 Å². The predicted molar refractivity (Wildman–Crippen MR) is 96.2 cm³/mol. The maximum absolute atomic E-state index is 3.64. The van der Waals surface area contributed by atoms with E-state index in [1.807, 2.05) is 11.8 Å². The van der Waals surface area contributed by atoms with Gasteiger partial charge in [-0.15, -0.1) is 0 Å². The van der Waals surface area contributed by atoms with Gasteiger partial charge in [0.15, 0.2) is 0 Å². The third-order valence-electron chi connectivity index (χ3n) is 3.62. The zero-order chi connectivity index (χ0) is 15.1. The molecule has 0 aliphatic rings. The Morgan fingerprint density at radius 2 is 1.86 bits per heavy atom. The van der Waals surface area contributed by atoms with Crippen LogP contribution in [0.5, 0.6) is 0 Å². The summed E-state index contributed by atoms with van der Waals surface area (Å²) in [7, 11) is 4.26. The smallest absolute Gasteiger partial charge is 0.0417 e. The molecule has 0 heterocycles. The first-order chi connectivity index (χ1) is 10.2. The number of benzene rings is 2. The number of hydrogen-bond donors (Lipinski definition) is 1. The topological polar surface area (TPSA) is 15.3 Å². The van der Waals surface area contributed by atoms with E-state index < -0.39 is 0 Å². The Balaban J connectivity index is 2.12. The summed E-state index contributed by atoms with van der Waals surface area (Å²) < 4.78 is 0. The van der Waals surface area contributed by atoms with Gasteiger partial charge in [0, 0.05) is 24.1 Å². The summed E-state index contributed by atoms with van der Waals surface area (Å²) in [5, 5.41) is 6.35. The lowest BCUT2D eigenvalue weighted by Crippen LogP contribution is -2.24. The minimum atomic E-state index is 0.424. The monoisotopic (exact) mass is 302 g/mol. The van der Waals surface area contributed by atoms with Crippen LogP contribution >= 0.6 is 11.8 Å². The van der Waals surface area contributed by atoms with E-state index in [1.165, 1.54) is 22.1 Å². The molecule has 1 N–H and O–H groups in total. The molecule has 2 aromatic rings. The van der Waals surface area contributed by atoms with E-state index in [0.29, 0.717) is 6.04 Å². The summed E-state index contributed by atoms with van der Waals surface area (Å²) in [6, 6.07) is 15.7. The zero-order valence-corrected chi connectivity index (χ0v) is 14.1. The van der Waals surface area contributed by atoms with Crippen LogP contribution in [-0.4, -0.2) is 43.6 Å². The summed E-state index contributed by atoms with van der Waals surface area (Å²) >= 11 is 2.03. The van der Waals surface area contributed by atoms with Gasteiger partial charge in [0.25, 0.3) is 0 Å². The van der Waals surface area contributed by atoms with E-state index >= 15 is 0 Å². The molecular formula is C18H26N2S. The summed E-state index contributed by atoms with van der Waals surface area (Å²) in [5.74, 6) is 2.30. The third kappa shape index (κ3) is 4.73. The van der Waals surface area contributed by atoms with Crippen LogP contribution in [0.3, 0.4) is 0 Å². The highest BCUT2D eigenvalue weighted by Crippen LogP contribution is 2.26. The summed E-state index contributed by atoms with van der Waals surface area (Å²) in [4.78, 5) is 2.24. The van der Waals surface area contributed by atoms with Crippen molar-refractivity contribution in [1.29, 1.82) is 0 Å². The van der Waals surface area contributed by atoms with Gasteiger partial charge in [-0.3, -0.25) is 0 Å². The lowest BCUT2D eigenvalue weighted by atomic mass is 9.99. The van der Waals surface area contributed by atoms with Crippen molar-refractivity contribution in [2.75, 3.05) is 38.7 Å². The van der Waals surface area contributed by atoms with E-state index in [9.17, 15) is 0 Å². The van der Waals surface area contributed by atoms with Gasteiger partial charge in [0.1, 0.15) is 0 Å². The largest absolute Gasteiger partial charge is 0.309 e. The van der Waals surface area contributed by atoms with Crippen LogP contribution in [0.25, 0.3) is 10.8 Å². The first kappa shape index (κ1) is 16.3. The molecule has 21 heavy (non-hydrogen) atoms. The Morgan fingerprint density at radius 3 is 2.62 bits per heavy atom. The molecule has 0 saturated heterocycles. The molecule has 0 saturated carbocycles. The highest BCUT2D eigenvalue weighted by Gasteiger charge is 2.13. The molecule has 1 atom stereocenters. The second-order valence-corrected chi connectivity index (χ2v) is 6.71. The molecule has 3 heteroatoms. The van der Waals surface area contributed by atoms with Crippen molar-refractivity contribution in [2.24, 2.45) is 0 Å². The van der Waals surface area contributed by atoms with Crippen molar-refractivity contribution in [3.05, 3.63) is 48.0 Å². The number of hydrogen-bond acceptors (Lipinski definition) is 3. The average molecular weight is 302 g/mol. The highest BCUT2D eigenvalue weighted by molar-refractivity contribution is 7.99. The number of nitrogens with one attached hydrogen (secondary N) is 1. The minimum Gasteiger partial charge on any atom is -0.309 e. The zero-order valence-electron chi connectivity index (χ0n) is 13.3. The fraction of sp³-hybridized carbons (Fsp3) is 0.444. The Hall–Kier alpha value is -1.03. The van der Waals surface area contributed by atoms with E-state index in [2.05, 4.69) is 73.7 Å². The SMILES string of the molecule is CCNC(CSCCN(C)C)c1cccc2ccccc12. The van der Waals surface area contributed by atoms with Gasteiger partial charge in [-0.05, 0) is 37.0 Å². The molecule has 0 bridgehead atoms. The number of rotatable bonds is 8. The molecule has 0 fully saturated rings. The summed E-state index contributed by atoms with van der Waals surface area (Å²) in [5.41, 5.74) is 1.42. The Bertz CT molecular complexity index is 548. The van der Waals surface area contributed by atoms with E-state index in [0.717, 1.165) is 18.8 Å². The fourth-order valence-electron chi connectivity index (χ4n) is 2.51. The first-order valence-electron chi connectivity index (χ1n) is 7.66. The molecule has 0 radical (unpaired) electrons. The van der Waals surface area contributed by atoms with Gasteiger partial charge < -0.3 is 10.2 Å². The van der Waals surface area contributed by atoms with Crippen LogP contribution in [0.2, 0.25) is 0 Å². The maximum atomic E-state index is 3.64. The molecule has 114 valence electrons. The Morgan fingerprint density at radius 1 is 1.10 bits per heavy atom. The van der Waals surface area contributed by atoms with E-state index in [4.69, 9.17) is 0 Å². The second kappa shape index (κ2) is 8.42. The quantitative estimate of drug-likeness (QED) is 0.747. The van der Waals surface area contributed by atoms with Crippen LogP contribution in [-0.2, 0) is 0 Å². The van der Waals surface area contributed by atoms with Crippen molar-refractivity contribution < 1.29 is 0 Å². The maximum Gasteiger partial charge on any atom is 0.0417 e. The molecule has 0 aliphatic carbocycles. The first-order valence-corrected chi connectivity index (χ1v) is 8.81. The molecular weight excluding hydrogens is 276 g/mol. The normalized spacial score (nSPS) is 13.0. The van der Waals surface area contributed by atoms with Crippen molar-refractivity contribution >= 4 is 22.5 Å². The molecule has 2 rings (SSSR count). The summed E-state index contributed by atoms with van der Waals surface area (Å²) in [6.45, 7) is 4.32. The molecule has 0 aromatic heterocycles. The van der Waals surface area contributed by atoms with Gasteiger partial charge in [-0.1, -0.05) is 49.4 Å². The van der Waals surface area contributed by atoms with Crippen LogP contribution < -0.4 is 5.32 Å². The molecule has 2 nitrogen and oxygen atoms in total. The second-order valence-electron chi connectivity index (χ2n) is 5.56. The molecule has 0 spiro atoms. The Kier molecular flexibility index (Phi) is 6.55. The predicted octanol–water partition coefficient (Wildman–Crippen LogP) is 3.79. The van der Waals surface area contributed by atoms with Crippen molar-refractivity contribution in [1.82, 2.24) is 10.2 Å². The summed E-state index contributed by atoms with van der Waals surface area (Å²) in [6.07, 6.45) is 0. The lowest BCUT2D eigenvalue weighted by Gasteiger charge is -2.20. The molecule has 0 aliphatic heterocycles. The van der Waals surface area contributed by atoms with Gasteiger partial charge in [-0.25, -0.2) is 0 Å². The molecule has 0 amide bonds. The molecule has 1 unspecified atom stereocenters. The third-order valence-corrected chi connectivity index (χ3v) is 4.66. The average Bonchev–Trinajstić information content (AvgIpc) is 2.49. The van der Waals surface area contributed by atoms with Gasteiger partial charge >= 0.3 is 0 Å². The van der Waals surface area contributed by atoms with Crippen molar-refractivity contribution in [3.8, 4) is 0 Å². The number of nitrogens with zero attached hydrogens (tertiary/aromatic N) is 1. The van der Waals surface area contributed by atoms with Crippen LogP contribution in [0, 0.1) is 0 Å². The van der Waals surface area contributed by atoms with Crippen LogP contribution in [0.15, 0.2) is 42.5 Å². The van der Waals surface area contributed by atoms with Crippen molar-refractivity contribution in [2.45, 2.75) is 13.0 Å². The molecule has 2 aromatic carbocycles. The Labute approximate surface area is 132 Å². The standard InChI is InChI=1S/C18H26N2S/c1-4-19-18(14-21-13-12-20(2)3)17-11-7-9-15-8-5-6-10-16(15)17/h5-11,18-19H,4,12-14H2,1-3H3. The van der Waals surface area contributed by atoms with Gasteiger partial charge in [0.2, 0.25) is 0 Å². The van der Waals surface area contributed by atoms with Gasteiger partial charge in [0.05, 0.1) is 0 Å². The minimum absolute atomic E-state index is 0.424. The van der Waals surface area contributed by atoms with Crippen LogP contribution in [0.4, 0.5) is 0 Å². The van der Waals surface area contributed by atoms with E-state index in [1.54, 1.807) is 0 Å². The van der Waals surface area contributed by atoms with Crippen molar-refractivity contribution in [3.63, 3.8) is 0 Å². The number of fused-ring (bicyclic) bond motifs is 1. The van der Waals surface area contributed by atoms with Gasteiger partial charge in [-0.2, -0.15) is 11.8 Å².